The highest BCUT2D eigenvalue weighted by Crippen LogP contribution is 2.15. The van der Waals surface area contributed by atoms with E-state index in [9.17, 15) is 9.59 Å². The number of carbonyl (C=O) groups is 2. The van der Waals surface area contributed by atoms with Crippen LogP contribution in [0.5, 0.6) is 5.75 Å². The number of nitrogens with zero attached hydrogens (tertiary/aromatic N) is 1. The average molecular weight is 301 g/mol. The Morgan fingerprint density at radius 1 is 1.00 bits per heavy atom. The highest BCUT2D eigenvalue weighted by Gasteiger charge is 2.15. The second-order valence-corrected chi connectivity index (χ2v) is 4.80. The number of aryl methyl sites for hydroxylation is 2. The number of aromatic nitrogens is 1. The normalized spacial score (nSPS) is 10.1. The van der Waals surface area contributed by atoms with Crippen molar-refractivity contribution in [1.29, 1.82) is 0 Å². The molecule has 1 heterocycles. The maximum atomic E-state index is 11.9. The fourth-order valence-electron chi connectivity index (χ4n) is 1.99. The molecule has 0 radical (unpaired) electrons. The minimum Gasteiger partial charge on any atom is -0.494 e. The second kappa shape index (κ2) is 6.80. The molecule has 1 aromatic carbocycles. The van der Waals surface area contributed by atoms with Crippen LogP contribution in [0, 0.1) is 13.8 Å². The van der Waals surface area contributed by atoms with E-state index in [0.29, 0.717) is 18.0 Å². The van der Waals surface area contributed by atoms with E-state index in [1.165, 1.54) is 0 Å². The number of anilines is 1. The Morgan fingerprint density at radius 3 is 2.14 bits per heavy atom. The Labute approximate surface area is 129 Å². The summed E-state index contributed by atoms with van der Waals surface area (Å²) in [5.74, 6) is -0.739. The van der Waals surface area contributed by atoms with Crippen LogP contribution in [0.2, 0.25) is 0 Å². The Hall–Kier alpha value is -2.76. The van der Waals surface area contributed by atoms with E-state index in [0.717, 1.165) is 11.4 Å². The van der Waals surface area contributed by atoms with Crippen LogP contribution >= 0.6 is 0 Å². The molecule has 0 atom stereocenters. The van der Waals surface area contributed by atoms with Gasteiger partial charge in [0.15, 0.2) is 0 Å². The molecule has 0 saturated carbocycles. The highest BCUT2D eigenvalue weighted by molar-refractivity contribution is 6.42. The molecular formula is C16H19N3O3. The first kappa shape index (κ1) is 15.6. The van der Waals surface area contributed by atoms with E-state index in [4.69, 9.17) is 4.74 Å². The van der Waals surface area contributed by atoms with Gasteiger partial charge in [0.2, 0.25) is 0 Å². The van der Waals surface area contributed by atoms with Crippen molar-refractivity contribution in [2.75, 3.05) is 17.3 Å². The summed E-state index contributed by atoms with van der Waals surface area (Å²) in [6.45, 7) is 6.16. The first-order chi connectivity index (χ1) is 10.5. The van der Waals surface area contributed by atoms with E-state index in [1.54, 1.807) is 28.9 Å². The number of hydrogen-bond donors (Lipinski definition) is 2. The fraction of sp³-hybridized carbons (Fsp3) is 0.250. The van der Waals surface area contributed by atoms with Gasteiger partial charge in [-0.25, -0.2) is 0 Å². The van der Waals surface area contributed by atoms with Gasteiger partial charge in [-0.3, -0.25) is 19.7 Å². The van der Waals surface area contributed by atoms with Crippen molar-refractivity contribution in [2.24, 2.45) is 0 Å². The van der Waals surface area contributed by atoms with E-state index >= 15 is 0 Å². The van der Waals surface area contributed by atoms with E-state index in [-0.39, 0.29) is 0 Å². The number of hydrogen-bond acceptors (Lipinski definition) is 3. The molecule has 0 aliphatic rings. The molecule has 0 fully saturated rings. The standard InChI is InChI=1S/C16H19N3O3/c1-4-22-14-9-7-13(8-10-14)17-15(20)16(21)18-19-11(2)5-6-12(19)3/h5-10H,4H2,1-3H3,(H,17,20)(H,18,21). The molecular weight excluding hydrogens is 282 g/mol. The zero-order valence-corrected chi connectivity index (χ0v) is 12.8. The summed E-state index contributed by atoms with van der Waals surface area (Å²) in [4.78, 5) is 23.8. The maximum Gasteiger partial charge on any atom is 0.328 e. The number of ether oxygens (including phenoxy) is 1. The monoisotopic (exact) mass is 301 g/mol. The molecule has 2 aromatic rings. The minimum absolute atomic E-state index is 0.532. The van der Waals surface area contributed by atoms with Crippen LogP contribution < -0.4 is 15.5 Å². The number of rotatable bonds is 4. The molecule has 0 bridgehead atoms. The van der Waals surface area contributed by atoms with Crippen LogP contribution in [0.1, 0.15) is 18.3 Å². The molecule has 2 amide bonds. The lowest BCUT2D eigenvalue weighted by atomic mass is 10.3. The van der Waals surface area contributed by atoms with Gasteiger partial charge in [0.25, 0.3) is 0 Å². The lowest BCUT2D eigenvalue weighted by molar-refractivity contribution is -0.133. The summed E-state index contributed by atoms with van der Waals surface area (Å²) in [6.07, 6.45) is 0. The molecule has 6 heteroatoms. The largest absolute Gasteiger partial charge is 0.494 e. The molecule has 0 unspecified atom stereocenters. The van der Waals surface area contributed by atoms with Gasteiger partial charge >= 0.3 is 11.8 Å². The van der Waals surface area contributed by atoms with Crippen LogP contribution in [0.25, 0.3) is 0 Å². The highest BCUT2D eigenvalue weighted by atomic mass is 16.5. The van der Waals surface area contributed by atoms with Crippen LogP contribution in [0.4, 0.5) is 5.69 Å². The van der Waals surface area contributed by atoms with E-state index in [2.05, 4.69) is 10.7 Å². The summed E-state index contributed by atoms with van der Waals surface area (Å²) in [5.41, 5.74) is 4.78. The molecule has 1 aromatic heterocycles. The predicted molar refractivity (Wildman–Crippen MR) is 84.5 cm³/mol. The number of nitrogens with one attached hydrogen (secondary N) is 2. The average Bonchev–Trinajstić information content (AvgIpc) is 2.81. The number of carbonyl (C=O) groups excluding carboxylic acids is 2. The first-order valence-corrected chi connectivity index (χ1v) is 7.01. The minimum atomic E-state index is -0.726. The maximum absolute atomic E-state index is 11.9. The molecule has 2 rings (SSSR count). The van der Waals surface area contributed by atoms with Crippen LogP contribution in [0.3, 0.4) is 0 Å². The lowest BCUT2D eigenvalue weighted by Crippen LogP contribution is -2.35. The third-order valence-electron chi connectivity index (χ3n) is 3.11. The summed E-state index contributed by atoms with van der Waals surface area (Å²) < 4.78 is 6.88. The molecule has 6 nitrogen and oxygen atoms in total. The van der Waals surface area contributed by atoms with Crippen molar-refractivity contribution in [2.45, 2.75) is 20.8 Å². The smallest absolute Gasteiger partial charge is 0.328 e. The zero-order valence-electron chi connectivity index (χ0n) is 12.8. The van der Waals surface area contributed by atoms with E-state index < -0.39 is 11.8 Å². The van der Waals surface area contributed by atoms with Crippen LogP contribution in [-0.2, 0) is 9.59 Å². The van der Waals surface area contributed by atoms with Gasteiger partial charge in [-0.15, -0.1) is 0 Å². The Morgan fingerprint density at radius 2 is 1.59 bits per heavy atom. The first-order valence-electron chi connectivity index (χ1n) is 7.01. The van der Waals surface area contributed by atoms with Gasteiger partial charge < -0.3 is 10.1 Å². The molecule has 0 aliphatic heterocycles. The van der Waals surface area contributed by atoms with Crippen molar-refractivity contribution < 1.29 is 14.3 Å². The summed E-state index contributed by atoms with van der Waals surface area (Å²) in [5, 5.41) is 2.54. The summed E-state index contributed by atoms with van der Waals surface area (Å²) in [6, 6.07) is 10.6. The third-order valence-corrected chi connectivity index (χ3v) is 3.11. The molecule has 0 saturated heterocycles. The van der Waals surface area contributed by atoms with Gasteiger partial charge in [0, 0.05) is 17.1 Å². The number of benzene rings is 1. The Balaban J connectivity index is 1.98. The lowest BCUT2D eigenvalue weighted by Gasteiger charge is -2.11. The van der Waals surface area contributed by atoms with Crippen LogP contribution in [-0.4, -0.2) is 23.1 Å². The van der Waals surface area contributed by atoms with Gasteiger partial charge in [0.05, 0.1) is 6.61 Å². The summed E-state index contributed by atoms with van der Waals surface area (Å²) in [7, 11) is 0. The van der Waals surface area contributed by atoms with Crippen LogP contribution in [0.15, 0.2) is 36.4 Å². The van der Waals surface area contributed by atoms with Crippen molar-refractivity contribution >= 4 is 17.5 Å². The second-order valence-electron chi connectivity index (χ2n) is 4.80. The summed E-state index contributed by atoms with van der Waals surface area (Å²) >= 11 is 0. The van der Waals surface area contributed by atoms with Crippen molar-refractivity contribution in [3.63, 3.8) is 0 Å². The predicted octanol–water partition coefficient (Wildman–Crippen LogP) is 2.21. The molecule has 0 spiro atoms. The van der Waals surface area contributed by atoms with Gasteiger partial charge in [-0.1, -0.05) is 0 Å². The van der Waals surface area contributed by atoms with Gasteiger partial charge in [-0.2, -0.15) is 0 Å². The topological polar surface area (TPSA) is 72.4 Å². The van der Waals surface area contributed by atoms with Crippen molar-refractivity contribution in [3.05, 3.63) is 47.8 Å². The Bertz CT molecular complexity index is 655. The zero-order chi connectivity index (χ0) is 16.1. The quantitative estimate of drug-likeness (QED) is 0.850. The van der Waals surface area contributed by atoms with Gasteiger partial charge in [-0.05, 0) is 57.2 Å². The fourth-order valence-corrected chi connectivity index (χ4v) is 1.99. The van der Waals surface area contributed by atoms with E-state index in [1.807, 2.05) is 32.9 Å². The SMILES string of the molecule is CCOc1ccc(NC(=O)C(=O)Nn2c(C)ccc2C)cc1. The molecule has 0 aliphatic carbocycles. The molecule has 22 heavy (non-hydrogen) atoms. The Kier molecular flexibility index (Phi) is 4.83. The molecule has 116 valence electrons. The third kappa shape index (κ3) is 3.66. The molecule has 2 N–H and O–H groups in total. The van der Waals surface area contributed by atoms with Crippen molar-refractivity contribution in [1.82, 2.24) is 4.68 Å². The number of amides is 2. The van der Waals surface area contributed by atoms with Gasteiger partial charge in [0.1, 0.15) is 5.75 Å². The van der Waals surface area contributed by atoms with Crippen molar-refractivity contribution in [3.8, 4) is 5.75 Å².